The molecule has 0 bridgehead atoms. The van der Waals surface area contributed by atoms with Gasteiger partial charge in [0.05, 0.1) is 12.2 Å². The summed E-state index contributed by atoms with van der Waals surface area (Å²) in [7, 11) is -4.17. The molecule has 9 heteroatoms. The summed E-state index contributed by atoms with van der Waals surface area (Å²) in [6.45, 7) is 1.74. The van der Waals surface area contributed by atoms with E-state index in [9.17, 15) is 17.6 Å². The van der Waals surface area contributed by atoms with Gasteiger partial charge in [-0.25, -0.2) is 12.8 Å². The topological polar surface area (TPSA) is 66.5 Å². The third-order valence-electron chi connectivity index (χ3n) is 4.68. The number of Topliss-reactive ketones (excluding diaryl/α,β-unsaturated/α-hetero) is 1. The minimum atomic E-state index is -4.17. The number of carbonyl (C=O) groups is 1. The molecule has 1 aromatic heterocycles. The highest BCUT2D eigenvalue weighted by atomic mass is 35.5. The summed E-state index contributed by atoms with van der Waals surface area (Å²) in [5, 5.41) is 5.04. The Bertz CT molecular complexity index is 1280. The van der Waals surface area contributed by atoms with Crippen LogP contribution in [0.25, 0.3) is 0 Å². The van der Waals surface area contributed by atoms with Crippen LogP contribution < -0.4 is 9.62 Å². The van der Waals surface area contributed by atoms with Crippen molar-refractivity contribution >= 4 is 50.1 Å². The number of allylic oxidation sites excluding steroid dienone is 1. The average Bonchev–Trinajstić information content (AvgIpc) is 3.17. The quantitative estimate of drug-likeness (QED) is 0.532. The zero-order chi connectivity index (χ0) is 21.5. The number of nitrogens with zero attached hydrogens (tertiary/aromatic N) is 1. The van der Waals surface area contributed by atoms with Crippen LogP contribution in [0, 0.1) is 12.7 Å². The van der Waals surface area contributed by atoms with Gasteiger partial charge in [0.25, 0.3) is 10.0 Å². The molecule has 0 spiro atoms. The maximum Gasteiger partial charge on any atom is 0.270 e. The molecule has 0 atom stereocenters. The van der Waals surface area contributed by atoms with E-state index in [-0.39, 0.29) is 11.4 Å². The van der Waals surface area contributed by atoms with Crippen LogP contribution in [0.5, 0.6) is 0 Å². The summed E-state index contributed by atoms with van der Waals surface area (Å²) >= 11 is 7.18. The van der Waals surface area contributed by atoms with Gasteiger partial charge in [0, 0.05) is 16.9 Å². The summed E-state index contributed by atoms with van der Waals surface area (Å²) in [6.07, 6.45) is 1.19. The molecule has 2 heterocycles. The average molecular weight is 463 g/mol. The van der Waals surface area contributed by atoms with E-state index in [1.165, 1.54) is 24.4 Å². The third-order valence-corrected chi connectivity index (χ3v) is 7.59. The molecule has 5 nitrogen and oxygen atoms in total. The smallest absolute Gasteiger partial charge is 0.270 e. The first kappa shape index (κ1) is 20.6. The number of anilines is 2. The fourth-order valence-electron chi connectivity index (χ4n) is 3.15. The summed E-state index contributed by atoms with van der Waals surface area (Å²) in [6, 6.07) is 12.4. The second-order valence-corrected chi connectivity index (χ2v) is 9.90. The Morgan fingerprint density at radius 3 is 2.77 bits per heavy atom. The molecule has 154 valence electrons. The van der Waals surface area contributed by atoms with Gasteiger partial charge in [0.2, 0.25) is 5.78 Å². The van der Waals surface area contributed by atoms with Crippen molar-refractivity contribution in [2.75, 3.05) is 9.62 Å². The summed E-state index contributed by atoms with van der Waals surface area (Å²) in [5.41, 5.74) is 2.20. The van der Waals surface area contributed by atoms with E-state index in [0.29, 0.717) is 26.8 Å². The van der Waals surface area contributed by atoms with Gasteiger partial charge in [-0.2, -0.15) is 0 Å². The van der Waals surface area contributed by atoms with Crippen molar-refractivity contribution in [2.24, 2.45) is 0 Å². The van der Waals surface area contributed by atoms with Gasteiger partial charge in [-0.3, -0.25) is 9.10 Å². The number of sulfonamides is 1. The molecule has 4 rings (SSSR count). The Morgan fingerprint density at radius 1 is 1.20 bits per heavy atom. The maximum absolute atomic E-state index is 13.6. The van der Waals surface area contributed by atoms with E-state index in [2.05, 4.69) is 5.32 Å². The monoisotopic (exact) mass is 462 g/mol. The van der Waals surface area contributed by atoms with Crippen molar-refractivity contribution < 1.29 is 17.6 Å². The van der Waals surface area contributed by atoms with Crippen LogP contribution in [0.4, 0.5) is 15.8 Å². The van der Waals surface area contributed by atoms with E-state index in [1.54, 1.807) is 35.7 Å². The Labute approximate surface area is 182 Å². The molecule has 0 radical (unpaired) electrons. The Kier molecular flexibility index (Phi) is 5.40. The van der Waals surface area contributed by atoms with Gasteiger partial charge >= 0.3 is 0 Å². The van der Waals surface area contributed by atoms with E-state index in [1.807, 2.05) is 6.92 Å². The van der Waals surface area contributed by atoms with Crippen molar-refractivity contribution in [2.45, 2.75) is 13.5 Å². The number of halogens is 2. The van der Waals surface area contributed by atoms with Crippen LogP contribution in [-0.4, -0.2) is 14.2 Å². The van der Waals surface area contributed by atoms with Gasteiger partial charge in [-0.15, -0.1) is 11.3 Å². The second kappa shape index (κ2) is 7.86. The van der Waals surface area contributed by atoms with Crippen molar-refractivity contribution in [1.29, 1.82) is 0 Å². The number of ketones is 1. The Hall–Kier alpha value is -2.68. The maximum atomic E-state index is 13.6. The number of fused-ring (bicyclic) bond motifs is 1. The molecule has 1 aliphatic heterocycles. The first-order valence-electron chi connectivity index (χ1n) is 8.89. The molecular weight excluding hydrogens is 447 g/mol. The lowest BCUT2D eigenvalue weighted by Gasteiger charge is -2.29. The Balaban J connectivity index is 1.77. The summed E-state index contributed by atoms with van der Waals surface area (Å²) in [4.78, 5) is 12.9. The van der Waals surface area contributed by atoms with Crippen molar-refractivity contribution in [1.82, 2.24) is 0 Å². The molecule has 1 N–H and O–H groups in total. The van der Waals surface area contributed by atoms with Crippen molar-refractivity contribution in [3.63, 3.8) is 0 Å². The molecule has 3 aromatic rings. The van der Waals surface area contributed by atoms with E-state index < -0.39 is 21.6 Å². The molecule has 0 unspecified atom stereocenters. The van der Waals surface area contributed by atoms with E-state index in [4.69, 9.17) is 11.6 Å². The van der Waals surface area contributed by atoms with Crippen LogP contribution in [0.2, 0.25) is 5.02 Å². The lowest BCUT2D eigenvalue weighted by atomic mass is 10.2. The van der Waals surface area contributed by atoms with Crippen molar-refractivity contribution in [3.05, 3.63) is 91.9 Å². The van der Waals surface area contributed by atoms with Gasteiger partial charge in [0.15, 0.2) is 4.91 Å². The standard InChI is InChI=1S/C21H16ClFN2O3S2/c1-13-5-6-15(22)10-17(13)24-11-19-20(26)21-18(7-8-29-21)25(30(19,27)28)12-14-3-2-4-16(23)9-14/h2-11,24H,12H2,1H3/b19-11-. The van der Waals surface area contributed by atoms with E-state index >= 15 is 0 Å². The highest BCUT2D eigenvalue weighted by molar-refractivity contribution is 7.97. The first-order valence-corrected chi connectivity index (χ1v) is 11.6. The molecule has 1 aliphatic rings. The largest absolute Gasteiger partial charge is 0.360 e. The van der Waals surface area contributed by atoms with Gasteiger partial charge in [0.1, 0.15) is 10.7 Å². The van der Waals surface area contributed by atoms with Crippen LogP contribution >= 0.6 is 22.9 Å². The normalized spacial score (nSPS) is 16.6. The predicted molar refractivity (Wildman–Crippen MR) is 118 cm³/mol. The fourth-order valence-corrected chi connectivity index (χ4v) is 5.81. The number of aryl methyl sites for hydroxylation is 1. The zero-order valence-corrected chi connectivity index (χ0v) is 18.1. The summed E-state index contributed by atoms with van der Waals surface area (Å²) < 4.78 is 41.4. The zero-order valence-electron chi connectivity index (χ0n) is 15.7. The second-order valence-electron chi connectivity index (χ2n) is 6.72. The van der Waals surface area contributed by atoms with Crippen LogP contribution in [-0.2, 0) is 16.6 Å². The Morgan fingerprint density at radius 2 is 2.00 bits per heavy atom. The SMILES string of the molecule is Cc1ccc(Cl)cc1N/C=C1/C(=O)c2sccc2N(Cc2cccc(F)c2)S1(=O)=O. The number of hydrogen-bond acceptors (Lipinski definition) is 5. The molecule has 2 aromatic carbocycles. The minimum absolute atomic E-state index is 0.0926. The molecule has 30 heavy (non-hydrogen) atoms. The molecule has 0 fully saturated rings. The van der Waals surface area contributed by atoms with Crippen molar-refractivity contribution in [3.8, 4) is 0 Å². The highest BCUT2D eigenvalue weighted by Gasteiger charge is 2.41. The van der Waals surface area contributed by atoms with Gasteiger partial charge in [-0.05, 0) is 53.8 Å². The van der Waals surface area contributed by atoms with Gasteiger partial charge < -0.3 is 5.32 Å². The number of rotatable bonds is 4. The number of carbonyl (C=O) groups excluding carboxylic acids is 1. The molecule has 0 saturated carbocycles. The number of nitrogens with one attached hydrogen (secondary N) is 1. The fraction of sp³-hybridized carbons (Fsp3) is 0.0952. The van der Waals surface area contributed by atoms with Crippen LogP contribution in [0.1, 0.15) is 20.8 Å². The highest BCUT2D eigenvalue weighted by Crippen LogP contribution is 2.39. The molecule has 0 aliphatic carbocycles. The minimum Gasteiger partial charge on any atom is -0.360 e. The molecular formula is C21H16ClFN2O3S2. The lowest BCUT2D eigenvalue weighted by molar-refractivity contribution is 0.104. The predicted octanol–water partition coefficient (Wildman–Crippen LogP) is 5.34. The van der Waals surface area contributed by atoms with E-state index in [0.717, 1.165) is 21.2 Å². The first-order chi connectivity index (χ1) is 14.3. The van der Waals surface area contributed by atoms with Crippen LogP contribution in [0.3, 0.4) is 0 Å². The lowest BCUT2D eigenvalue weighted by Crippen LogP contribution is -2.38. The van der Waals surface area contributed by atoms with Crippen LogP contribution in [0.15, 0.2) is 65.0 Å². The molecule has 0 saturated heterocycles. The van der Waals surface area contributed by atoms with Gasteiger partial charge in [-0.1, -0.05) is 29.8 Å². The summed E-state index contributed by atoms with van der Waals surface area (Å²) in [5.74, 6) is -1.04. The third kappa shape index (κ3) is 3.74. The number of hydrogen-bond donors (Lipinski definition) is 1. The number of thiophene rings is 1. The number of benzene rings is 2. The molecule has 0 amide bonds.